The lowest BCUT2D eigenvalue weighted by Crippen LogP contribution is -2.41. The molecule has 0 radical (unpaired) electrons. The fraction of sp³-hybridized carbons (Fsp3) is 0.714. The van der Waals surface area contributed by atoms with Gasteiger partial charge >= 0.3 is 0 Å². The van der Waals surface area contributed by atoms with Crippen LogP contribution in [-0.4, -0.2) is 41.4 Å². The fourth-order valence-electron chi connectivity index (χ4n) is 2.43. The van der Waals surface area contributed by atoms with Gasteiger partial charge in [0, 0.05) is 31.1 Å². The Kier molecular flexibility index (Phi) is 4.78. The van der Waals surface area contributed by atoms with Crippen LogP contribution < -0.4 is 0 Å². The predicted octanol–water partition coefficient (Wildman–Crippen LogP) is 2.50. The van der Waals surface area contributed by atoms with E-state index < -0.39 is 5.60 Å². The minimum atomic E-state index is -0.657. The Hall–Kier alpha value is -0.420. The second-order valence-electron chi connectivity index (χ2n) is 5.70. The van der Waals surface area contributed by atoms with E-state index >= 15 is 0 Å². The maximum Gasteiger partial charge on any atom is 0.0718 e. The fourth-order valence-corrected chi connectivity index (χ4v) is 3.18. The van der Waals surface area contributed by atoms with Crippen LogP contribution in [0, 0.1) is 0 Å². The second-order valence-corrected chi connectivity index (χ2v) is 6.73. The lowest BCUT2D eigenvalue weighted by atomic mass is 10.1. The first kappa shape index (κ1) is 14.0. The Morgan fingerprint density at radius 1 is 1.56 bits per heavy atom. The molecule has 1 aliphatic rings. The topological polar surface area (TPSA) is 32.7 Å². The third kappa shape index (κ3) is 4.69. The Morgan fingerprint density at radius 3 is 2.94 bits per heavy atom. The zero-order chi connectivity index (χ0) is 13.0. The minimum Gasteiger partial charge on any atom is -0.389 e. The smallest absolute Gasteiger partial charge is 0.0718 e. The van der Waals surface area contributed by atoms with E-state index in [0.29, 0.717) is 12.6 Å². The normalized spacial score (nSPS) is 20.8. The molecule has 18 heavy (non-hydrogen) atoms. The molecule has 2 rings (SSSR count). The van der Waals surface area contributed by atoms with Gasteiger partial charge in [0.1, 0.15) is 0 Å². The third-order valence-electron chi connectivity index (χ3n) is 3.06. The number of rotatable bonds is 6. The van der Waals surface area contributed by atoms with Crippen LogP contribution in [0.5, 0.6) is 0 Å². The Bertz CT molecular complexity index is 339. The molecule has 0 saturated carbocycles. The highest BCUT2D eigenvalue weighted by atomic mass is 32.1. The van der Waals surface area contributed by atoms with Crippen molar-refractivity contribution in [2.24, 2.45) is 0 Å². The van der Waals surface area contributed by atoms with Crippen LogP contribution in [0.25, 0.3) is 0 Å². The maximum atomic E-state index is 10.0. The standard InChI is InChI=1S/C14H23NO2S/c1-14(2,16)11-15(9-12-5-3-7-17-12)10-13-6-4-8-18-13/h4,6,8,12,16H,3,5,7,9-11H2,1-2H3. The van der Waals surface area contributed by atoms with Gasteiger partial charge in [0.2, 0.25) is 0 Å². The van der Waals surface area contributed by atoms with E-state index in [1.54, 1.807) is 11.3 Å². The highest BCUT2D eigenvalue weighted by molar-refractivity contribution is 7.09. The van der Waals surface area contributed by atoms with Crippen molar-refractivity contribution in [2.75, 3.05) is 19.7 Å². The molecule has 0 aliphatic carbocycles. The van der Waals surface area contributed by atoms with Gasteiger partial charge in [-0.05, 0) is 38.1 Å². The van der Waals surface area contributed by atoms with Crippen LogP contribution in [0.1, 0.15) is 31.6 Å². The maximum absolute atomic E-state index is 10.0. The van der Waals surface area contributed by atoms with E-state index in [4.69, 9.17) is 4.74 Å². The van der Waals surface area contributed by atoms with E-state index in [-0.39, 0.29) is 0 Å². The third-order valence-corrected chi connectivity index (χ3v) is 3.92. The molecule has 1 unspecified atom stereocenters. The highest BCUT2D eigenvalue weighted by Crippen LogP contribution is 2.18. The molecule has 102 valence electrons. The minimum absolute atomic E-state index is 0.340. The van der Waals surface area contributed by atoms with E-state index in [9.17, 15) is 5.11 Å². The quantitative estimate of drug-likeness (QED) is 0.861. The molecule has 0 bridgehead atoms. The van der Waals surface area contributed by atoms with Crippen molar-refractivity contribution in [1.29, 1.82) is 0 Å². The summed E-state index contributed by atoms with van der Waals surface area (Å²) in [5, 5.41) is 12.1. The van der Waals surface area contributed by atoms with Gasteiger partial charge in [0.15, 0.2) is 0 Å². The lowest BCUT2D eigenvalue weighted by Gasteiger charge is -2.30. The highest BCUT2D eigenvalue weighted by Gasteiger charge is 2.24. The van der Waals surface area contributed by atoms with Crippen molar-refractivity contribution in [3.8, 4) is 0 Å². The molecule has 0 amide bonds. The molecule has 2 heterocycles. The van der Waals surface area contributed by atoms with Crippen molar-refractivity contribution in [1.82, 2.24) is 4.90 Å². The van der Waals surface area contributed by atoms with Gasteiger partial charge < -0.3 is 9.84 Å². The summed E-state index contributed by atoms with van der Waals surface area (Å²) < 4.78 is 5.70. The van der Waals surface area contributed by atoms with E-state index in [0.717, 1.165) is 26.1 Å². The summed E-state index contributed by atoms with van der Waals surface area (Å²) in [7, 11) is 0. The number of aliphatic hydroxyl groups is 1. The second kappa shape index (κ2) is 6.15. The number of hydrogen-bond donors (Lipinski definition) is 1. The summed E-state index contributed by atoms with van der Waals surface area (Å²) >= 11 is 1.77. The average Bonchev–Trinajstić information content (AvgIpc) is 2.87. The van der Waals surface area contributed by atoms with Gasteiger partial charge in [-0.2, -0.15) is 0 Å². The first-order valence-electron chi connectivity index (χ1n) is 6.62. The molecule has 1 N–H and O–H groups in total. The molecule has 1 saturated heterocycles. The molecule has 0 spiro atoms. The van der Waals surface area contributed by atoms with Crippen molar-refractivity contribution in [3.05, 3.63) is 22.4 Å². The summed E-state index contributed by atoms with van der Waals surface area (Å²) in [6, 6.07) is 4.23. The molecule has 4 heteroatoms. The van der Waals surface area contributed by atoms with Gasteiger partial charge in [-0.15, -0.1) is 11.3 Å². The Balaban J connectivity index is 1.93. The van der Waals surface area contributed by atoms with E-state index in [1.807, 2.05) is 13.8 Å². The van der Waals surface area contributed by atoms with E-state index in [1.165, 1.54) is 11.3 Å². The largest absolute Gasteiger partial charge is 0.389 e. The van der Waals surface area contributed by atoms with Crippen LogP contribution in [0.15, 0.2) is 17.5 Å². The molecule has 3 nitrogen and oxygen atoms in total. The van der Waals surface area contributed by atoms with Gasteiger partial charge in [-0.1, -0.05) is 6.07 Å². The first-order chi connectivity index (χ1) is 8.53. The number of thiophene rings is 1. The summed E-state index contributed by atoms with van der Waals surface area (Å²) in [5.74, 6) is 0. The van der Waals surface area contributed by atoms with Crippen LogP contribution in [0.2, 0.25) is 0 Å². The Morgan fingerprint density at radius 2 is 2.39 bits per heavy atom. The van der Waals surface area contributed by atoms with Crippen molar-refractivity contribution < 1.29 is 9.84 Å². The molecular formula is C14H23NO2S. The number of nitrogens with zero attached hydrogens (tertiary/aromatic N) is 1. The van der Waals surface area contributed by atoms with Crippen LogP contribution >= 0.6 is 11.3 Å². The van der Waals surface area contributed by atoms with E-state index in [2.05, 4.69) is 22.4 Å². The monoisotopic (exact) mass is 269 g/mol. The molecule has 1 aliphatic heterocycles. The molecule has 1 aromatic heterocycles. The van der Waals surface area contributed by atoms with Crippen molar-refractivity contribution in [3.63, 3.8) is 0 Å². The molecule has 1 aromatic rings. The predicted molar refractivity (Wildman–Crippen MR) is 74.9 cm³/mol. The van der Waals surface area contributed by atoms with Gasteiger partial charge in [0.05, 0.1) is 11.7 Å². The molecule has 1 atom stereocenters. The van der Waals surface area contributed by atoms with Gasteiger partial charge in [-0.25, -0.2) is 0 Å². The molecule has 0 aromatic carbocycles. The SMILES string of the molecule is CC(C)(O)CN(Cc1cccs1)CC1CCCO1. The molecular weight excluding hydrogens is 246 g/mol. The lowest BCUT2D eigenvalue weighted by molar-refractivity contribution is 0.00915. The zero-order valence-corrected chi connectivity index (χ0v) is 12.1. The van der Waals surface area contributed by atoms with Gasteiger partial charge in [0.25, 0.3) is 0 Å². The number of ether oxygens (including phenoxy) is 1. The molecule has 1 fully saturated rings. The van der Waals surface area contributed by atoms with Crippen LogP contribution in [0.4, 0.5) is 0 Å². The average molecular weight is 269 g/mol. The van der Waals surface area contributed by atoms with Crippen molar-refractivity contribution in [2.45, 2.75) is 44.9 Å². The zero-order valence-electron chi connectivity index (χ0n) is 11.3. The van der Waals surface area contributed by atoms with Crippen LogP contribution in [0.3, 0.4) is 0 Å². The summed E-state index contributed by atoms with van der Waals surface area (Å²) in [4.78, 5) is 3.65. The van der Waals surface area contributed by atoms with Gasteiger partial charge in [-0.3, -0.25) is 4.90 Å². The summed E-state index contributed by atoms with van der Waals surface area (Å²) in [6.45, 7) is 7.13. The number of hydrogen-bond acceptors (Lipinski definition) is 4. The summed E-state index contributed by atoms with van der Waals surface area (Å²) in [6.07, 6.45) is 2.65. The Labute approximate surface area is 113 Å². The summed E-state index contributed by atoms with van der Waals surface area (Å²) in [5.41, 5.74) is -0.657. The van der Waals surface area contributed by atoms with Crippen LogP contribution in [-0.2, 0) is 11.3 Å². The first-order valence-corrected chi connectivity index (χ1v) is 7.50. The van der Waals surface area contributed by atoms with Crippen molar-refractivity contribution >= 4 is 11.3 Å².